The van der Waals surface area contributed by atoms with Crippen molar-refractivity contribution in [1.29, 1.82) is 0 Å². The molecule has 86 valence electrons. The van der Waals surface area contributed by atoms with E-state index in [-0.39, 0.29) is 0 Å². The first-order chi connectivity index (χ1) is 7.81. The number of nitrogens with one attached hydrogen (secondary N) is 1. The van der Waals surface area contributed by atoms with E-state index in [4.69, 9.17) is 0 Å². The van der Waals surface area contributed by atoms with Crippen molar-refractivity contribution in [2.75, 3.05) is 20.1 Å². The highest BCUT2D eigenvalue weighted by molar-refractivity contribution is 5.45. The summed E-state index contributed by atoms with van der Waals surface area (Å²) in [4.78, 5) is 2.52. The van der Waals surface area contributed by atoms with E-state index in [0.29, 0.717) is 12.1 Å². The molecule has 0 amide bonds. The molecule has 1 aliphatic carbocycles. The molecule has 2 atom stereocenters. The monoisotopic (exact) mass is 216 g/mol. The fourth-order valence-electron chi connectivity index (χ4n) is 3.32. The molecule has 0 fully saturated rings. The van der Waals surface area contributed by atoms with E-state index in [2.05, 4.69) is 42.4 Å². The molecule has 1 aliphatic heterocycles. The average molecular weight is 216 g/mol. The molecule has 0 saturated carbocycles. The molecular formula is C14H20N2. The van der Waals surface area contributed by atoms with Crippen molar-refractivity contribution in [3.05, 3.63) is 34.9 Å². The molecule has 1 aromatic rings. The lowest BCUT2D eigenvalue weighted by Gasteiger charge is -2.31. The van der Waals surface area contributed by atoms with Crippen LogP contribution in [0.4, 0.5) is 0 Å². The quantitative estimate of drug-likeness (QED) is 0.816. The van der Waals surface area contributed by atoms with Crippen molar-refractivity contribution in [3.8, 4) is 0 Å². The zero-order valence-corrected chi connectivity index (χ0v) is 10.2. The lowest BCUT2D eigenvalue weighted by Crippen LogP contribution is -2.30. The Hall–Kier alpha value is -0.860. The molecule has 2 heteroatoms. The van der Waals surface area contributed by atoms with Crippen LogP contribution in [0.25, 0.3) is 0 Å². The van der Waals surface area contributed by atoms with Crippen LogP contribution in [0.5, 0.6) is 0 Å². The third-order valence-electron chi connectivity index (χ3n) is 4.11. The summed E-state index contributed by atoms with van der Waals surface area (Å²) in [5.41, 5.74) is 4.76. The van der Waals surface area contributed by atoms with Gasteiger partial charge in [0.05, 0.1) is 0 Å². The molecule has 2 unspecified atom stereocenters. The molecule has 0 aromatic heterocycles. The summed E-state index contributed by atoms with van der Waals surface area (Å²) < 4.78 is 0. The molecule has 0 spiro atoms. The number of hydrogen-bond acceptors (Lipinski definition) is 2. The van der Waals surface area contributed by atoms with Crippen LogP contribution in [0.15, 0.2) is 18.2 Å². The van der Waals surface area contributed by atoms with Crippen LogP contribution in [0.3, 0.4) is 0 Å². The Morgan fingerprint density at radius 3 is 3.12 bits per heavy atom. The largest absolute Gasteiger partial charge is 0.310 e. The molecule has 2 nitrogen and oxygen atoms in total. The minimum Gasteiger partial charge on any atom is -0.310 e. The van der Waals surface area contributed by atoms with Crippen LogP contribution >= 0.6 is 0 Å². The fourth-order valence-corrected chi connectivity index (χ4v) is 3.32. The summed E-state index contributed by atoms with van der Waals surface area (Å²) in [6, 6.07) is 8.08. The minimum absolute atomic E-state index is 0.575. The maximum atomic E-state index is 3.61. The van der Waals surface area contributed by atoms with Gasteiger partial charge in [0.2, 0.25) is 0 Å². The predicted molar refractivity (Wildman–Crippen MR) is 66.6 cm³/mol. The Morgan fingerprint density at radius 2 is 2.31 bits per heavy atom. The second-order valence-corrected chi connectivity index (χ2v) is 5.01. The first-order valence-electron chi connectivity index (χ1n) is 6.36. The van der Waals surface area contributed by atoms with E-state index in [0.717, 1.165) is 6.54 Å². The van der Waals surface area contributed by atoms with Crippen LogP contribution in [0.2, 0.25) is 0 Å². The Balaban J connectivity index is 2.05. The van der Waals surface area contributed by atoms with Crippen molar-refractivity contribution in [2.24, 2.45) is 0 Å². The van der Waals surface area contributed by atoms with Gasteiger partial charge in [-0.3, -0.25) is 4.90 Å². The van der Waals surface area contributed by atoms with Crippen LogP contribution in [-0.2, 0) is 6.42 Å². The van der Waals surface area contributed by atoms with Gasteiger partial charge in [0.15, 0.2) is 0 Å². The van der Waals surface area contributed by atoms with Crippen LogP contribution < -0.4 is 5.32 Å². The van der Waals surface area contributed by atoms with E-state index in [1.54, 1.807) is 16.7 Å². The van der Waals surface area contributed by atoms with Gasteiger partial charge in [-0.25, -0.2) is 0 Å². The molecular weight excluding hydrogens is 196 g/mol. The lowest BCUT2D eigenvalue weighted by atomic mass is 9.94. The molecule has 3 rings (SSSR count). The average Bonchev–Trinajstić information content (AvgIpc) is 2.66. The van der Waals surface area contributed by atoms with Gasteiger partial charge < -0.3 is 5.32 Å². The predicted octanol–water partition coefficient (Wildman–Crippen LogP) is 2.27. The van der Waals surface area contributed by atoms with Gasteiger partial charge in [0, 0.05) is 18.6 Å². The van der Waals surface area contributed by atoms with E-state index in [9.17, 15) is 0 Å². The van der Waals surface area contributed by atoms with Crippen LogP contribution in [-0.4, -0.2) is 25.0 Å². The maximum absolute atomic E-state index is 3.61. The highest BCUT2D eigenvalue weighted by Gasteiger charge is 2.36. The topological polar surface area (TPSA) is 15.3 Å². The summed E-state index contributed by atoms with van der Waals surface area (Å²) in [7, 11) is 2.26. The molecule has 16 heavy (non-hydrogen) atoms. The van der Waals surface area contributed by atoms with Crippen LogP contribution in [0.1, 0.15) is 42.1 Å². The van der Waals surface area contributed by atoms with Gasteiger partial charge in [0.25, 0.3) is 0 Å². The second kappa shape index (κ2) is 3.86. The lowest BCUT2D eigenvalue weighted by molar-refractivity contribution is 0.221. The van der Waals surface area contributed by atoms with Crippen molar-refractivity contribution < 1.29 is 0 Å². The van der Waals surface area contributed by atoms with Gasteiger partial charge in [-0.2, -0.15) is 0 Å². The Morgan fingerprint density at radius 1 is 1.44 bits per heavy atom. The first-order valence-corrected chi connectivity index (χ1v) is 6.36. The van der Waals surface area contributed by atoms with Crippen LogP contribution in [0, 0.1) is 0 Å². The van der Waals surface area contributed by atoms with Gasteiger partial charge >= 0.3 is 0 Å². The van der Waals surface area contributed by atoms with E-state index < -0.39 is 0 Å². The molecule has 2 aliphatic rings. The van der Waals surface area contributed by atoms with E-state index in [1.165, 1.54) is 19.4 Å². The Bertz CT molecular complexity index is 400. The third-order valence-corrected chi connectivity index (χ3v) is 4.11. The summed E-state index contributed by atoms with van der Waals surface area (Å²) in [5, 5.41) is 3.61. The zero-order chi connectivity index (χ0) is 11.1. The highest BCUT2D eigenvalue weighted by Crippen LogP contribution is 2.45. The van der Waals surface area contributed by atoms with Gasteiger partial charge in [-0.15, -0.1) is 0 Å². The first kappa shape index (κ1) is 10.3. The minimum atomic E-state index is 0.575. The van der Waals surface area contributed by atoms with Crippen molar-refractivity contribution in [2.45, 2.75) is 31.8 Å². The molecule has 0 bridgehead atoms. The Labute approximate surface area is 97.6 Å². The van der Waals surface area contributed by atoms with E-state index >= 15 is 0 Å². The molecule has 1 N–H and O–H groups in total. The van der Waals surface area contributed by atoms with Gasteiger partial charge in [0.1, 0.15) is 0 Å². The SMILES string of the molecule is CCNC1CC2c3c(cccc31)CCN2C. The maximum Gasteiger partial charge on any atom is 0.0369 e. The van der Waals surface area contributed by atoms with Crippen molar-refractivity contribution >= 4 is 0 Å². The molecule has 1 heterocycles. The zero-order valence-electron chi connectivity index (χ0n) is 10.2. The summed E-state index contributed by atoms with van der Waals surface area (Å²) >= 11 is 0. The van der Waals surface area contributed by atoms with Crippen molar-refractivity contribution in [3.63, 3.8) is 0 Å². The summed E-state index contributed by atoms with van der Waals surface area (Å²) in [6.07, 6.45) is 2.46. The number of rotatable bonds is 2. The second-order valence-electron chi connectivity index (χ2n) is 5.01. The Kier molecular flexibility index (Phi) is 2.49. The van der Waals surface area contributed by atoms with Gasteiger partial charge in [-0.1, -0.05) is 25.1 Å². The molecule has 0 saturated heterocycles. The summed E-state index contributed by atoms with van der Waals surface area (Å²) in [6.45, 7) is 4.46. The smallest absolute Gasteiger partial charge is 0.0369 e. The van der Waals surface area contributed by atoms with Gasteiger partial charge in [-0.05, 0) is 43.1 Å². The standard InChI is InChI=1S/C14H20N2/c1-3-15-12-9-13-14-10(7-8-16(13)2)5-4-6-11(12)14/h4-6,12-13,15H,3,7-9H2,1-2H3. The number of benzene rings is 1. The van der Waals surface area contributed by atoms with Crippen molar-refractivity contribution in [1.82, 2.24) is 10.2 Å². The summed E-state index contributed by atoms with van der Waals surface area (Å²) in [5.74, 6) is 0. The highest BCUT2D eigenvalue weighted by atomic mass is 15.1. The third kappa shape index (κ3) is 1.40. The fraction of sp³-hybridized carbons (Fsp3) is 0.571. The molecule has 1 aromatic carbocycles. The number of nitrogens with zero attached hydrogens (tertiary/aromatic N) is 1. The van der Waals surface area contributed by atoms with E-state index in [1.807, 2.05) is 0 Å². The molecule has 0 radical (unpaired) electrons. The normalized spacial score (nSPS) is 28.1. The number of likely N-dealkylation sites (N-methyl/N-ethyl adjacent to an activating group) is 1. The number of hydrogen-bond donors (Lipinski definition) is 1.